The van der Waals surface area contributed by atoms with E-state index < -0.39 is 0 Å². The molecule has 2 N–H and O–H groups in total. The van der Waals surface area contributed by atoms with Crippen molar-refractivity contribution in [3.63, 3.8) is 0 Å². The zero-order valence-electron chi connectivity index (χ0n) is 11.8. The Bertz CT molecular complexity index is 387. The first-order valence-electron chi connectivity index (χ1n) is 6.63. The van der Waals surface area contributed by atoms with Crippen LogP contribution in [0.2, 0.25) is 0 Å². The van der Waals surface area contributed by atoms with Crippen LogP contribution in [0.25, 0.3) is 0 Å². The van der Waals surface area contributed by atoms with E-state index in [4.69, 9.17) is 0 Å². The van der Waals surface area contributed by atoms with Crippen LogP contribution in [-0.2, 0) is 6.54 Å². The van der Waals surface area contributed by atoms with Crippen molar-refractivity contribution in [2.45, 2.75) is 46.7 Å². The Balaban J connectivity index is 2.64. The van der Waals surface area contributed by atoms with E-state index in [0.29, 0.717) is 12.6 Å². The molecule has 0 aliphatic heterocycles. The van der Waals surface area contributed by atoms with Gasteiger partial charge in [0.2, 0.25) is 0 Å². The average molecular weight is 248 g/mol. The number of guanidine groups is 1. The smallest absolute Gasteiger partial charge is 0.191 e. The van der Waals surface area contributed by atoms with Crippen molar-refractivity contribution in [1.29, 1.82) is 0 Å². The van der Waals surface area contributed by atoms with E-state index in [1.165, 1.54) is 0 Å². The average Bonchev–Trinajstić information content (AvgIpc) is 2.36. The molecule has 0 bridgehead atoms. The summed E-state index contributed by atoms with van der Waals surface area (Å²) in [5.41, 5.74) is 2.03. The lowest BCUT2D eigenvalue weighted by Crippen LogP contribution is -2.41. The highest BCUT2D eigenvalue weighted by atomic mass is 15.2. The van der Waals surface area contributed by atoms with Crippen LogP contribution in [0.15, 0.2) is 23.2 Å². The molecule has 0 aliphatic rings. The van der Waals surface area contributed by atoms with Gasteiger partial charge in [0.05, 0.1) is 12.2 Å². The predicted octanol–water partition coefficient (Wildman–Crippen LogP) is 2.24. The van der Waals surface area contributed by atoms with Gasteiger partial charge in [0.25, 0.3) is 0 Å². The highest BCUT2D eigenvalue weighted by molar-refractivity contribution is 5.79. The molecule has 0 saturated carbocycles. The zero-order valence-corrected chi connectivity index (χ0v) is 11.8. The number of nitrogens with one attached hydrogen (secondary N) is 2. The molecule has 100 valence electrons. The SMILES string of the molecule is CCNC(=NCc1cccc(C)n1)NC(C)CC. The molecule has 0 fully saturated rings. The highest BCUT2D eigenvalue weighted by Crippen LogP contribution is 1.99. The molecular weight excluding hydrogens is 224 g/mol. The number of pyridine rings is 1. The molecule has 1 heterocycles. The minimum absolute atomic E-state index is 0.424. The number of hydrogen-bond acceptors (Lipinski definition) is 2. The Hall–Kier alpha value is -1.58. The third-order valence-corrected chi connectivity index (χ3v) is 2.68. The third-order valence-electron chi connectivity index (χ3n) is 2.68. The summed E-state index contributed by atoms with van der Waals surface area (Å²) in [6.45, 7) is 9.84. The Labute approximate surface area is 110 Å². The number of rotatable bonds is 5. The molecular formula is C14H24N4. The van der Waals surface area contributed by atoms with Crippen molar-refractivity contribution >= 4 is 5.96 Å². The van der Waals surface area contributed by atoms with Crippen molar-refractivity contribution in [3.8, 4) is 0 Å². The van der Waals surface area contributed by atoms with Crippen molar-refractivity contribution in [2.24, 2.45) is 4.99 Å². The van der Waals surface area contributed by atoms with Crippen LogP contribution in [0.4, 0.5) is 0 Å². The molecule has 0 aliphatic carbocycles. The first-order valence-corrected chi connectivity index (χ1v) is 6.63. The van der Waals surface area contributed by atoms with Crippen LogP contribution >= 0.6 is 0 Å². The first kappa shape index (κ1) is 14.5. The summed E-state index contributed by atoms with van der Waals surface area (Å²) in [4.78, 5) is 8.99. The van der Waals surface area contributed by atoms with Gasteiger partial charge in [-0.3, -0.25) is 4.98 Å². The molecule has 4 heteroatoms. The second-order valence-corrected chi connectivity index (χ2v) is 4.42. The fraction of sp³-hybridized carbons (Fsp3) is 0.571. The van der Waals surface area contributed by atoms with Gasteiger partial charge < -0.3 is 10.6 Å². The minimum atomic E-state index is 0.424. The summed E-state index contributed by atoms with van der Waals surface area (Å²) in [6.07, 6.45) is 1.08. The van der Waals surface area contributed by atoms with Crippen molar-refractivity contribution in [1.82, 2.24) is 15.6 Å². The fourth-order valence-corrected chi connectivity index (χ4v) is 1.50. The molecule has 4 nitrogen and oxygen atoms in total. The molecule has 1 atom stereocenters. The van der Waals surface area contributed by atoms with E-state index in [1.54, 1.807) is 0 Å². The van der Waals surface area contributed by atoms with Crippen LogP contribution in [-0.4, -0.2) is 23.5 Å². The summed E-state index contributed by atoms with van der Waals surface area (Å²) < 4.78 is 0. The monoisotopic (exact) mass is 248 g/mol. The molecule has 1 aromatic rings. The van der Waals surface area contributed by atoms with Gasteiger partial charge >= 0.3 is 0 Å². The third kappa shape index (κ3) is 5.17. The summed E-state index contributed by atoms with van der Waals surface area (Å²) >= 11 is 0. The lowest BCUT2D eigenvalue weighted by molar-refractivity contribution is 0.624. The van der Waals surface area contributed by atoms with E-state index in [-0.39, 0.29) is 0 Å². The lowest BCUT2D eigenvalue weighted by Gasteiger charge is -2.16. The number of nitrogens with zero attached hydrogens (tertiary/aromatic N) is 2. The Morgan fingerprint density at radius 1 is 1.39 bits per heavy atom. The van der Waals surface area contributed by atoms with Gasteiger partial charge in [-0.2, -0.15) is 0 Å². The number of aromatic nitrogens is 1. The normalized spacial score (nSPS) is 13.2. The topological polar surface area (TPSA) is 49.3 Å². The van der Waals surface area contributed by atoms with E-state index in [2.05, 4.69) is 41.4 Å². The molecule has 1 rings (SSSR count). The van der Waals surface area contributed by atoms with Crippen LogP contribution in [0.5, 0.6) is 0 Å². The predicted molar refractivity (Wildman–Crippen MR) is 76.7 cm³/mol. The largest absolute Gasteiger partial charge is 0.357 e. The van der Waals surface area contributed by atoms with Crippen LogP contribution in [0.1, 0.15) is 38.6 Å². The molecule has 0 radical (unpaired) electrons. The number of aryl methyl sites for hydroxylation is 1. The maximum Gasteiger partial charge on any atom is 0.191 e. The standard InChI is InChI=1S/C14H24N4/c1-5-11(3)18-14(15-6-2)16-10-13-9-7-8-12(4)17-13/h7-9,11H,5-6,10H2,1-4H3,(H2,15,16,18). The lowest BCUT2D eigenvalue weighted by atomic mass is 10.3. The minimum Gasteiger partial charge on any atom is -0.357 e. The van der Waals surface area contributed by atoms with Gasteiger partial charge in [-0.15, -0.1) is 0 Å². The van der Waals surface area contributed by atoms with Gasteiger partial charge in [0.15, 0.2) is 5.96 Å². The Morgan fingerprint density at radius 2 is 2.17 bits per heavy atom. The van der Waals surface area contributed by atoms with Gasteiger partial charge in [0, 0.05) is 18.3 Å². The van der Waals surface area contributed by atoms with Crippen molar-refractivity contribution in [2.75, 3.05) is 6.54 Å². The van der Waals surface area contributed by atoms with E-state index in [0.717, 1.165) is 30.3 Å². The molecule has 1 aromatic heterocycles. The number of hydrogen-bond donors (Lipinski definition) is 2. The quantitative estimate of drug-likeness (QED) is 0.620. The Kier molecular flexibility index (Phi) is 6.19. The molecule has 0 amide bonds. The molecule has 1 unspecified atom stereocenters. The molecule has 0 saturated heterocycles. The highest BCUT2D eigenvalue weighted by Gasteiger charge is 2.02. The summed E-state index contributed by atoms with van der Waals surface area (Å²) in [5, 5.41) is 6.61. The van der Waals surface area contributed by atoms with Gasteiger partial charge in [0.1, 0.15) is 0 Å². The molecule has 0 aromatic carbocycles. The van der Waals surface area contributed by atoms with E-state index >= 15 is 0 Å². The van der Waals surface area contributed by atoms with Gasteiger partial charge in [-0.25, -0.2) is 4.99 Å². The van der Waals surface area contributed by atoms with E-state index in [1.807, 2.05) is 25.1 Å². The second-order valence-electron chi connectivity index (χ2n) is 4.42. The van der Waals surface area contributed by atoms with E-state index in [9.17, 15) is 0 Å². The van der Waals surface area contributed by atoms with Gasteiger partial charge in [-0.05, 0) is 39.3 Å². The summed E-state index contributed by atoms with van der Waals surface area (Å²) in [6, 6.07) is 6.44. The Morgan fingerprint density at radius 3 is 2.78 bits per heavy atom. The summed E-state index contributed by atoms with van der Waals surface area (Å²) in [5.74, 6) is 0.857. The molecule has 18 heavy (non-hydrogen) atoms. The first-order chi connectivity index (χ1) is 8.65. The van der Waals surface area contributed by atoms with Gasteiger partial charge in [-0.1, -0.05) is 13.0 Å². The van der Waals surface area contributed by atoms with Crippen LogP contribution in [0.3, 0.4) is 0 Å². The summed E-state index contributed by atoms with van der Waals surface area (Å²) in [7, 11) is 0. The van der Waals surface area contributed by atoms with Crippen molar-refractivity contribution in [3.05, 3.63) is 29.6 Å². The second kappa shape index (κ2) is 7.69. The van der Waals surface area contributed by atoms with Crippen LogP contribution in [0, 0.1) is 6.92 Å². The maximum absolute atomic E-state index is 4.54. The number of aliphatic imine (C=N–C) groups is 1. The fourth-order valence-electron chi connectivity index (χ4n) is 1.50. The van der Waals surface area contributed by atoms with Crippen LogP contribution < -0.4 is 10.6 Å². The molecule has 0 spiro atoms. The zero-order chi connectivity index (χ0) is 13.4. The maximum atomic E-state index is 4.54. The van der Waals surface area contributed by atoms with Crippen molar-refractivity contribution < 1.29 is 0 Å².